The summed E-state index contributed by atoms with van der Waals surface area (Å²) in [5.74, 6) is 1.17. The van der Waals surface area contributed by atoms with Gasteiger partial charge in [0.1, 0.15) is 12.2 Å². The Bertz CT molecular complexity index is 986. The number of hydrogen-bond acceptors (Lipinski definition) is 3. The Morgan fingerprint density at radius 3 is 1.54 bits per heavy atom. The van der Waals surface area contributed by atoms with Crippen LogP contribution in [0.3, 0.4) is 0 Å². The van der Waals surface area contributed by atoms with Crippen LogP contribution in [-0.4, -0.2) is 5.11 Å². The van der Waals surface area contributed by atoms with Gasteiger partial charge in [-0.05, 0) is 48.9 Å². The topological polar surface area (TPSA) is 38.7 Å². The van der Waals surface area contributed by atoms with Gasteiger partial charge in [-0.3, -0.25) is 0 Å². The molecule has 0 fully saturated rings. The van der Waals surface area contributed by atoms with Crippen molar-refractivity contribution < 1.29 is 14.6 Å². The molecule has 0 aliphatic rings. The van der Waals surface area contributed by atoms with Crippen LogP contribution in [0.1, 0.15) is 114 Å². The standard InChI is InChI=1S/C34H46O3/c1-3-5-7-9-17-25-31(28-20-13-11-14-21-28)36-33-27-19-24-30(35)34(33)37-32(26-18-10-8-6-4-2)29-22-15-12-16-23-29/h11-16,19-24,27,31-32,35H,3-10,17-18,25-26H2,1-2H3. The first-order chi connectivity index (χ1) is 18.2. The van der Waals surface area contributed by atoms with Gasteiger partial charge in [0, 0.05) is 0 Å². The zero-order valence-electron chi connectivity index (χ0n) is 22.9. The van der Waals surface area contributed by atoms with Crippen LogP contribution in [0.4, 0.5) is 0 Å². The number of phenols is 1. The first-order valence-electron chi connectivity index (χ1n) is 14.5. The predicted octanol–water partition coefficient (Wildman–Crippen LogP) is 10.4. The third-order valence-electron chi connectivity index (χ3n) is 6.97. The number of ether oxygens (including phenoxy) is 2. The number of benzene rings is 3. The summed E-state index contributed by atoms with van der Waals surface area (Å²) < 4.78 is 13.2. The Kier molecular flexibility index (Phi) is 12.9. The predicted molar refractivity (Wildman–Crippen MR) is 154 cm³/mol. The minimum atomic E-state index is -0.136. The third-order valence-corrected chi connectivity index (χ3v) is 6.97. The van der Waals surface area contributed by atoms with Crippen molar-refractivity contribution in [1.82, 2.24) is 0 Å². The van der Waals surface area contributed by atoms with E-state index < -0.39 is 0 Å². The highest BCUT2D eigenvalue weighted by atomic mass is 16.5. The Balaban J connectivity index is 1.79. The molecule has 3 heteroatoms. The average molecular weight is 503 g/mol. The highest BCUT2D eigenvalue weighted by Crippen LogP contribution is 2.42. The zero-order chi connectivity index (χ0) is 26.1. The smallest absolute Gasteiger partial charge is 0.203 e. The monoisotopic (exact) mass is 502 g/mol. The fourth-order valence-corrected chi connectivity index (χ4v) is 4.80. The quantitative estimate of drug-likeness (QED) is 0.176. The van der Waals surface area contributed by atoms with Crippen molar-refractivity contribution in [3.8, 4) is 17.2 Å². The van der Waals surface area contributed by atoms with Gasteiger partial charge in [0.05, 0.1) is 0 Å². The molecule has 0 bridgehead atoms. The normalized spacial score (nSPS) is 12.7. The SMILES string of the molecule is CCCCCCCC(Oc1cccc(O)c1OC(CCCCCCC)c1ccccc1)c1ccccc1. The molecule has 3 nitrogen and oxygen atoms in total. The van der Waals surface area contributed by atoms with Gasteiger partial charge >= 0.3 is 0 Å². The molecule has 0 amide bonds. The summed E-state index contributed by atoms with van der Waals surface area (Å²) in [7, 11) is 0. The van der Waals surface area contributed by atoms with Gasteiger partial charge in [-0.15, -0.1) is 0 Å². The molecule has 0 saturated carbocycles. The van der Waals surface area contributed by atoms with Gasteiger partial charge in [-0.2, -0.15) is 0 Å². The van der Waals surface area contributed by atoms with E-state index >= 15 is 0 Å². The van der Waals surface area contributed by atoms with Gasteiger partial charge in [0.2, 0.25) is 5.75 Å². The molecule has 2 atom stereocenters. The van der Waals surface area contributed by atoms with Crippen LogP contribution in [0.5, 0.6) is 17.2 Å². The molecule has 1 N–H and O–H groups in total. The fourth-order valence-electron chi connectivity index (χ4n) is 4.80. The highest BCUT2D eigenvalue weighted by Gasteiger charge is 2.22. The second-order valence-corrected chi connectivity index (χ2v) is 10.0. The molecule has 2 unspecified atom stereocenters. The van der Waals surface area contributed by atoms with Crippen LogP contribution in [0.2, 0.25) is 0 Å². The van der Waals surface area contributed by atoms with Crippen LogP contribution in [0.15, 0.2) is 78.9 Å². The van der Waals surface area contributed by atoms with Crippen molar-refractivity contribution in [2.45, 2.75) is 103 Å². The molecule has 3 aromatic carbocycles. The number of unbranched alkanes of at least 4 members (excludes halogenated alkanes) is 8. The summed E-state index contributed by atoms with van der Waals surface area (Å²) in [4.78, 5) is 0. The molecule has 0 saturated heterocycles. The lowest BCUT2D eigenvalue weighted by atomic mass is 10.0. The molecule has 0 aliphatic heterocycles. The Labute approximate surface area is 224 Å². The van der Waals surface area contributed by atoms with Crippen LogP contribution in [-0.2, 0) is 0 Å². The summed E-state index contributed by atoms with van der Waals surface area (Å²) in [6, 6.07) is 26.2. The van der Waals surface area contributed by atoms with Gasteiger partial charge < -0.3 is 14.6 Å². The highest BCUT2D eigenvalue weighted by molar-refractivity contribution is 5.51. The second-order valence-electron chi connectivity index (χ2n) is 10.0. The number of aromatic hydroxyl groups is 1. The maximum atomic E-state index is 10.9. The van der Waals surface area contributed by atoms with Crippen molar-refractivity contribution in [3.05, 3.63) is 90.0 Å². The minimum Gasteiger partial charge on any atom is -0.504 e. The van der Waals surface area contributed by atoms with Gasteiger partial charge in [-0.25, -0.2) is 0 Å². The molecule has 0 aromatic heterocycles. The Morgan fingerprint density at radius 1 is 0.541 bits per heavy atom. The maximum Gasteiger partial charge on any atom is 0.203 e. The molecule has 37 heavy (non-hydrogen) atoms. The first-order valence-corrected chi connectivity index (χ1v) is 14.5. The summed E-state index contributed by atoms with van der Waals surface area (Å²) in [6.45, 7) is 4.48. The molecule has 0 heterocycles. The van der Waals surface area contributed by atoms with Crippen molar-refractivity contribution in [3.63, 3.8) is 0 Å². The van der Waals surface area contributed by atoms with E-state index in [0.717, 1.165) is 36.8 Å². The van der Waals surface area contributed by atoms with Crippen LogP contribution >= 0.6 is 0 Å². The number of hydrogen-bond donors (Lipinski definition) is 1. The van der Waals surface area contributed by atoms with E-state index in [2.05, 4.69) is 62.4 Å². The fraction of sp³-hybridized carbons (Fsp3) is 0.471. The van der Waals surface area contributed by atoms with Gasteiger partial charge in [-0.1, -0.05) is 132 Å². The van der Waals surface area contributed by atoms with Gasteiger partial charge in [0.15, 0.2) is 11.5 Å². The summed E-state index contributed by atoms with van der Waals surface area (Å²) in [6.07, 6.45) is 13.7. The number of phenolic OH excluding ortho intramolecular Hbond substituents is 1. The molecule has 0 aliphatic carbocycles. The lowest BCUT2D eigenvalue weighted by Crippen LogP contribution is -2.12. The van der Waals surface area contributed by atoms with E-state index in [9.17, 15) is 5.11 Å². The van der Waals surface area contributed by atoms with Crippen molar-refractivity contribution >= 4 is 0 Å². The van der Waals surface area contributed by atoms with E-state index in [1.54, 1.807) is 6.07 Å². The minimum absolute atomic E-state index is 0.0869. The average Bonchev–Trinajstić information content (AvgIpc) is 2.94. The van der Waals surface area contributed by atoms with E-state index in [1.165, 1.54) is 51.4 Å². The van der Waals surface area contributed by atoms with Crippen molar-refractivity contribution in [2.75, 3.05) is 0 Å². The van der Waals surface area contributed by atoms with Gasteiger partial charge in [0.25, 0.3) is 0 Å². The van der Waals surface area contributed by atoms with E-state index in [-0.39, 0.29) is 18.0 Å². The first kappa shape index (κ1) is 28.6. The molecule has 3 rings (SSSR count). The van der Waals surface area contributed by atoms with E-state index in [1.807, 2.05) is 24.3 Å². The van der Waals surface area contributed by atoms with Crippen LogP contribution < -0.4 is 9.47 Å². The molecular weight excluding hydrogens is 456 g/mol. The lowest BCUT2D eigenvalue weighted by Gasteiger charge is -2.25. The van der Waals surface area contributed by atoms with E-state index in [4.69, 9.17) is 9.47 Å². The van der Waals surface area contributed by atoms with Crippen molar-refractivity contribution in [1.29, 1.82) is 0 Å². The second kappa shape index (κ2) is 16.7. The van der Waals surface area contributed by atoms with E-state index in [0.29, 0.717) is 11.5 Å². The molecule has 0 radical (unpaired) electrons. The van der Waals surface area contributed by atoms with Crippen LogP contribution in [0, 0.1) is 0 Å². The summed E-state index contributed by atoms with van der Waals surface area (Å²) >= 11 is 0. The van der Waals surface area contributed by atoms with Crippen molar-refractivity contribution in [2.24, 2.45) is 0 Å². The molecule has 0 spiro atoms. The molecular formula is C34H46O3. The summed E-state index contributed by atoms with van der Waals surface area (Å²) in [5, 5.41) is 10.9. The molecule has 200 valence electrons. The Morgan fingerprint density at radius 2 is 1.03 bits per heavy atom. The summed E-state index contributed by atoms with van der Waals surface area (Å²) in [5.41, 5.74) is 2.28. The number of para-hydroxylation sites is 1. The molecule has 3 aromatic rings. The van der Waals surface area contributed by atoms with Crippen LogP contribution in [0.25, 0.3) is 0 Å². The number of rotatable bonds is 18. The largest absolute Gasteiger partial charge is 0.504 e. The maximum absolute atomic E-state index is 10.9. The lowest BCUT2D eigenvalue weighted by molar-refractivity contribution is 0.148. The Hall–Kier alpha value is -2.94. The third kappa shape index (κ3) is 9.80. The zero-order valence-corrected chi connectivity index (χ0v) is 22.9.